The van der Waals surface area contributed by atoms with Crippen molar-refractivity contribution in [2.75, 3.05) is 9.80 Å². The molecule has 0 fully saturated rings. The van der Waals surface area contributed by atoms with Crippen LogP contribution in [0.1, 0.15) is 0 Å². The molecular weight excluding hydrogens is 635 g/mol. The van der Waals surface area contributed by atoms with Crippen LogP contribution in [-0.2, 0) is 0 Å². The smallest absolute Gasteiger partial charge is 0.137 e. The van der Waals surface area contributed by atoms with Crippen molar-refractivity contribution in [2.24, 2.45) is 0 Å². The molecule has 0 atom stereocenters. The molecule has 0 unspecified atom stereocenters. The molecule has 4 nitrogen and oxygen atoms in total. The van der Waals surface area contributed by atoms with E-state index in [2.05, 4.69) is 202 Å². The fourth-order valence-electron chi connectivity index (χ4n) is 7.64. The fraction of sp³-hybridized carbons (Fsp3) is 0. The number of para-hydroxylation sites is 6. The lowest BCUT2D eigenvalue weighted by molar-refractivity contribution is 0.669. The molecule has 4 heteroatoms. The Balaban J connectivity index is 1.31. The van der Waals surface area contributed by atoms with Crippen molar-refractivity contribution in [3.63, 3.8) is 0 Å². The highest BCUT2D eigenvalue weighted by molar-refractivity contribution is 6.17. The summed E-state index contributed by atoms with van der Waals surface area (Å²) in [5.74, 6) is 0. The van der Waals surface area contributed by atoms with Crippen molar-refractivity contribution in [1.82, 2.24) is 4.57 Å². The lowest BCUT2D eigenvalue weighted by atomic mass is 10.1. The zero-order valence-corrected chi connectivity index (χ0v) is 28.3. The minimum absolute atomic E-state index is 0.875. The maximum absolute atomic E-state index is 6.47. The molecule has 0 aliphatic heterocycles. The minimum Gasteiger partial charge on any atom is -0.456 e. The molecule has 0 spiro atoms. The number of hydrogen-bond acceptors (Lipinski definition) is 3. The Hall–Kier alpha value is -7.04. The molecule has 0 saturated carbocycles. The van der Waals surface area contributed by atoms with Crippen LogP contribution in [0.4, 0.5) is 34.1 Å². The Labute approximate surface area is 301 Å². The van der Waals surface area contributed by atoms with Crippen molar-refractivity contribution in [2.45, 2.75) is 0 Å². The predicted octanol–water partition coefficient (Wildman–Crippen LogP) is 13.6. The van der Waals surface area contributed by atoms with Crippen molar-refractivity contribution < 1.29 is 4.42 Å². The van der Waals surface area contributed by atoms with Gasteiger partial charge < -0.3 is 18.8 Å². The molecule has 0 aliphatic carbocycles. The third kappa shape index (κ3) is 5.00. The minimum atomic E-state index is 0.875. The van der Waals surface area contributed by atoms with Gasteiger partial charge in [-0.2, -0.15) is 0 Å². The number of rotatable bonds is 7. The monoisotopic (exact) mass is 667 g/mol. The average molecular weight is 668 g/mol. The summed E-state index contributed by atoms with van der Waals surface area (Å²) >= 11 is 0. The second-order valence-electron chi connectivity index (χ2n) is 13.0. The van der Waals surface area contributed by atoms with E-state index in [1.165, 1.54) is 10.8 Å². The van der Waals surface area contributed by atoms with Crippen LogP contribution in [-0.4, -0.2) is 4.57 Å². The molecule has 246 valence electrons. The summed E-state index contributed by atoms with van der Waals surface area (Å²) in [6.07, 6.45) is 0. The first-order valence-electron chi connectivity index (χ1n) is 17.6. The van der Waals surface area contributed by atoms with Gasteiger partial charge in [-0.3, -0.25) is 0 Å². The average Bonchev–Trinajstić information content (AvgIpc) is 3.73. The maximum atomic E-state index is 6.47. The molecule has 0 aliphatic rings. The van der Waals surface area contributed by atoms with Crippen molar-refractivity contribution >= 4 is 77.9 Å². The Morgan fingerprint density at radius 3 is 1.31 bits per heavy atom. The molecular formula is C48H33N3O. The number of fused-ring (bicyclic) bond motifs is 6. The van der Waals surface area contributed by atoms with Gasteiger partial charge in [-0.15, -0.1) is 0 Å². The number of nitrogens with zero attached hydrogens (tertiary/aromatic N) is 3. The highest BCUT2D eigenvalue weighted by Crippen LogP contribution is 2.44. The first-order chi connectivity index (χ1) is 25.8. The number of hydrogen-bond donors (Lipinski definition) is 0. The summed E-state index contributed by atoms with van der Waals surface area (Å²) in [6.45, 7) is 0. The molecule has 0 bridgehead atoms. The molecule has 0 N–H and O–H groups in total. The van der Waals surface area contributed by atoms with Crippen molar-refractivity contribution in [3.8, 4) is 5.69 Å². The summed E-state index contributed by atoms with van der Waals surface area (Å²) in [7, 11) is 0. The SMILES string of the molecule is c1ccc(N(c2ccccc2)c2cc(N(c3ccccc3)c3ccccc3)cc(-n3c4ccccc4c4cc5c(cc43)oc3ccccc35)c2)cc1. The molecule has 0 radical (unpaired) electrons. The van der Waals surface area contributed by atoms with E-state index in [9.17, 15) is 0 Å². The van der Waals surface area contributed by atoms with E-state index in [0.717, 1.165) is 72.8 Å². The van der Waals surface area contributed by atoms with Gasteiger partial charge in [0.2, 0.25) is 0 Å². The number of anilines is 6. The van der Waals surface area contributed by atoms with Crippen LogP contribution in [0.2, 0.25) is 0 Å². The molecule has 10 aromatic rings. The zero-order valence-electron chi connectivity index (χ0n) is 28.3. The van der Waals surface area contributed by atoms with Gasteiger partial charge in [0.05, 0.1) is 28.1 Å². The first kappa shape index (κ1) is 29.8. The molecule has 10 rings (SSSR count). The van der Waals surface area contributed by atoms with Gasteiger partial charge in [0, 0.05) is 50.4 Å². The standard InChI is InChI=1S/C48H33N3O/c1-5-17-34(18-6-1)49(35-19-7-2-8-20-35)38-29-39(50(36-21-9-3-10-22-36)37-23-11-4-12-24-37)31-40(30-38)51-45-27-15-13-25-41(45)43-32-44-42-26-14-16-28-47(42)52-48(44)33-46(43)51/h1-33H. The second kappa shape index (κ2) is 12.4. The van der Waals surface area contributed by atoms with Gasteiger partial charge in [0.15, 0.2) is 0 Å². The van der Waals surface area contributed by atoms with Crippen LogP contribution in [0.25, 0.3) is 49.4 Å². The zero-order chi connectivity index (χ0) is 34.4. The van der Waals surface area contributed by atoms with E-state index >= 15 is 0 Å². The van der Waals surface area contributed by atoms with Gasteiger partial charge in [-0.1, -0.05) is 109 Å². The Kier molecular flexibility index (Phi) is 7.10. The van der Waals surface area contributed by atoms with Crippen LogP contribution >= 0.6 is 0 Å². The van der Waals surface area contributed by atoms with Gasteiger partial charge in [0.1, 0.15) is 11.2 Å². The van der Waals surface area contributed by atoms with Gasteiger partial charge >= 0.3 is 0 Å². The summed E-state index contributed by atoms with van der Waals surface area (Å²) in [4.78, 5) is 4.68. The molecule has 0 saturated heterocycles. The number of benzene rings is 8. The molecule has 2 aromatic heterocycles. The molecule has 52 heavy (non-hydrogen) atoms. The van der Waals surface area contributed by atoms with E-state index in [1.807, 2.05) is 12.1 Å². The van der Waals surface area contributed by atoms with Crippen LogP contribution in [0.3, 0.4) is 0 Å². The summed E-state index contributed by atoms with van der Waals surface area (Å²) in [5.41, 5.74) is 11.4. The largest absolute Gasteiger partial charge is 0.456 e. The third-order valence-corrected chi connectivity index (χ3v) is 9.89. The van der Waals surface area contributed by atoms with E-state index in [-0.39, 0.29) is 0 Å². The van der Waals surface area contributed by atoms with Crippen LogP contribution < -0.4 is 9.80 Å². The van der Waals surface area contributed by atoms with Crippen LogP contribution in [0, 0.1) is 0 Å². The number of furan rings is 1. The lowest BCUT2D eigenvalue weighted by Crippen LogP contribution is -2.14. The molecule has 2 heterocycles. The maximum Gasteiger partial charge on any atom is 0.137 e. The van der Waals surface area contributed by atoms with E-state index < -0.39 is 0 Å². The fourth-order valence-corrected chi connectivity index (χ4v) is 7.64. The Morgan fingerprint density at radius 1 is 0.308 bits per heavy atom. The Bertz CT molecular complexity index is 2660. The number of aromatic nitrogens is 1. The predicted molar refractivity (Wildman–Crippen MR) is 217 cm³/mol. The lowest BCUT2D eigenvalue weighted by Gasteiger charge is -2.30. The quantitative estimate of drug-likeness (QED) is 0.169. The normalized spacial score (nSPS) is 11.5. The van der Waals surface area contributed by atoms with E-state index in [1.54, 1.807) is 0 Å². The van der Waals surface area contributed by atoms with Crippen LogP contribution in [0.5, 0.6) is 0 Å². The highest BCUT2D eigenvalue weighted by Gasteiger charge is 2.22. The van der Waals surface area contributed by atoms with Crippen molar-refractivity contribution in [1.29, 1.82) is 0 Å². The topological polar surface area (TPSA) is 24.6 Å². The first-order valence-corrected chi connectivity index (χ1v) is 17.6. The molecule has 8 aromatic carbocycles. The van der Waals surface area contributed by atoms with Gasteiger partial charge in [-0.05, 0) is 84.9 Å². The van der Waals surface area contributed by atoms with E-state index in [0.29, 0.717) is 0 Å². The molecule has 0 amide bonds. The summed E-state index contributed by atoms with van der Waals surface area (Å²) in [5, 5.41) is 4.64. The van der Waals surface area contributed by atoms with Crippen LogP contribution in [0.15, 0.2) is 205 Å². The second-order valence-corrected chi connectivity index (χ2v) is 13.0. The Morgan fingerprint density at radius 2 is 0.769 bits per heavy atom. The highest BCUT2D eigenvalue weighted by atomic mass is 16.3. The summed E-state index contributed by atoms with van der Waals surface area (Å²) < 4.78 is 8.87. The van der Waals surface area contributed by atoms with E-state index in [4.69, 9.17) is 4.42 Å². The van der Waals surface area contributed by atoms with Gasteiger partial charge in [-0.25, -0.2) is 0 Å². The summed E-state index contributed by atoms with van der Waals surface area (Å²) in [6, 6.07) is 70.9. The van der Waals surface area contributed by atoms with Gasteiger partial charge in [0.25, 0.3) is 0 Å². The third-order valence-electron chi connectivity index (χ3n) is 9.89. The van der Waals surface area contributed by atoms with Crippen molar-refractivity contribution in [3.05, 3.63) is 200 Å².